The second-order valence-corrected chi connectivity index (χ2v) is 4.47. The Morgan fingerprint density at radius 2 is 1.85 bits per heavy atom. The van der Waals surface area contributed by atoms with Crippen molar-refractivity contribution < 1.29 is 9.53 Å². The normalized spacial score (nSPS) is 12.3. The topological polar surface area (TPSA) is 29.5 Å². The largest absolute Gasteiger partial charge is 0.464 e. The van der Waals surface area contributed by atoms with Crippen LogP contribution in [-0.4, -0.2) is 37.1 Å². The molecule has 0 N–H and O–H groups in total. The lowest BCUT2D eigenvalue weighted by Gasteiger charge is -2.31. The van der Waals surface area contributed by atoms with Crippen LogP contribution in [0.1, 0.15) is 27.7 Å². The van der Waals surface area contributed by atoms with Crippen LogP contribution in [0.5, 0.6) is 0 Å². The summed E-state index contributed by atoms with van der Waals surface area (Å²) in [6.07, 6.45) is 0. The second kappa shape index (κ2) is 4.61. The van der Waals surface area contributed by atoms with E-state index in [-0.39, 0.29) is 17.4 Å². The molecular weight excluding hydrogens is 166 g/mol. The lowest BCUT2D eigenvalue weighted by Crippen LogP contribution is -2.43. The molecule has 3 nitrogen and oxygen atoms in total. The molecule has 3 heteroatoms. The number of nitrogens with zero attached hydrogens (tertiary/aromatic N) is 1. The van der Waals surface area contributed by atoms with Crippen LogP contribution in [0, 0.1) is 5.92 Å². The summed E-state index contributed by atoms with van der Waals surface area (Å²) in [6, 6.07) is 0. The first kappa shape index (κ1) is 12.4. The summed E-state index contributed by atoms with van der Waals surface area (Å²) < 4.78 is 5.15. The molecule has 0 amide bonds. The third kappa shape index (κ3) is 4.27. The molecule has 0 aromatic heterocycles. The quantitative estimate of drug-likeness (QED) is 0.625. The van der Waals surface area contributed by atoms with Gasteiger partial charge in [0.2, 0.25) is 0 Å². The number of carbonyl (C=O) groups is 1. The van der Waals surface area contributed by atoms with Crippen LogP contribution >= 0.6 is 0 Å². The Labute approximate surface area is 81.1 Å². The molecule has 13 heavy (non-hydrogen) atoms. The molecular formula is C10H21NO2. The summed E-state index contributed by atoms with van der Waals surface area (Å²) >= 11 is 0. The summed E-state index contributed by atoms with van der Waals surface area (Å²) in [7, 11) is 3.95. The van der Waals surface area contributed by atoms with Gasteiger partial charge in [0.25, 0.3) is 0 Å². The van der Waals surface area contributed by atoms with Crippen LogP contribution < -0.4 is 0 Å². The van der Waals surface area contributed by atoms with Crippen molar-refractivity contribution in [2.75, 3.05) is 20.7 Å². The summed E-state index contributed by atoms with van der Waals surface area (Å²) in [5.74, 6) is -0.173. The zero-order valence-corrected chi connectivity index (χ0v) is 9.55. The highest BCUT2D eigenvalue weighted by molar-refractivity contribution is 5.71. The van der Waals surface area contributed by atoms with Gasteiger partial charge < -0.3 is 9.64 Å². The van der Waals surface area contributed by atoms with Gasteiger partial charge in [0.15, 0.2) is 0 Å². The fraction of sp³-hybridized carbons (Fsp3) is 0.900. The first-order chi connectivity index (χ1) is 5.77. The Kier molecular flexibility index (Phi) is 4.40. The van der Waals surface area contributed by atoms with Crippen molar-refractivity contribution in [1.29, 1.82) is 0 Å². The van der Waals surface area contributed by atoms with Crippen molar-refractivity contribution in [2.24, 2.45) is 5.92 Å². The van der Waals surface area contributed by atoms with Gasteiger partial charge in [-0.3, -0.25) is 4.79 Å². The SMILES string of the molecule is CC(C)C(=O)OCC(C)(C)N(C)C. The summed E-state index contributed by atoms with van der Waals surface area (Å²) in [5, 5.41) is 0. The number of likely N-dealkylation sites (N-methyl/N-ethyl adjacent to an activating group) is 1. The molecule has 78 valence electrons. The molecule has 0 spiro atoms. The van der Waals surface area contributed by atoms with Crippen molar-refractivity contribution in [3.63, 3.8) is 0 Å². The third-order valence-electron chi connectivity index (χ3n) is 2.25. The molecule has 0 aromatic carbocycles. The first-order valence-electron chi connectivity index (χ1n) is 4.61. The van der Waals surface area contributed by atoms with Gasteiger partial charge in [0.05, 0.1) is 5.92 Å². The highest BCUT2D eigenvalue weighted by Gasteiger charge is 2.23. The van der Waals surface area contributed by atoms with Crippen molar-refractivity contribution in [3.8, 4) is 0 Å². The molecule has 0 aromatic rings. The van der Waals surface area contributed by atoms with E-state index < -0.39 is 0 Å². The van der Waals surface area contributed by atoms with E-state index in [4.69, 9.17) is 4.74 Å². The van der Waals surface area contributed by atoms with E-state index in [9.17, 15) is 4.79 Å². The van der Waals surface area contributed by atoms with E-state index in [1.807, 2.05) is 46.7 Å². The molecule has 0 atom stereocenters. The standard InChI is InChI=1S/C10H21NO2/c1-8(2)9(12)13-7-10(3,4)11(5)6/h8H,7H2,1-6H3. The number of carbonyl (C=O) groups excluding carboxylic acids is 1. The van der Waals surface area contributed by atoms with Gasteiger partial charge in [-0.1, -0.05) is 13.8 Å². The average Bonchev–Trinajstić information content (AvgIpc) is 1.99. The number of rotatable bonds is 4. The molecule has 0 aliphatic carbocycles. The van der Waals surface area contributed by atoms with Crippen molar-refractivity contribution in [3.05, 3.63) is 0 Å². The Balaban J connectivity index is 3.95. The number of ether oxygens (including phenoxy) is 1. The molecule has 0 aliphatic rings. The molecule has 0 saturated heterocycles. The van der Waals surface area contributed by atoms with Crippen LogP contribution in [0.15, 0.2) is 0 Å². The Morgan fingerprint density at radius 3 is 2.15 bits per heavy atom. The predicted molar refractivity (Wildman–Crippen MR) is 53.6 cm³/mol. The van der Waals surface area contributed by atoms with E-state index in [1.54, 1.807) is 0 Å². The fourth-order valence-electron chi connectivity index (χ4n) is 0.544. The maximum Gasteiger partial charge on any atom is 0.308 e. The minimum absolute atomic E-state index is 0.0436. The average molecular weight is 187 g/mol. The summed E-state index contributed by atoms with van der Waals surface area (Å²) in [5.41, 5.74) is -0.0927. The monoisotopic (exact) mass is 187 g/mol. The number of hydrogen-bond acceptors (Lipinski definition) is 3. The zero-order chi connectivity index (χ0) is 10.6. The number of hydrogen-bond donors (Lipinski definition) is 0. The maximum atomic E-state index is 11.2. The van der Waals surface area contributed by atoms with Gasteiger partial charge in [-0.2, -0.15) is 0 Å². The van der Waals surface area contributed by atoms with Crippen LogP contribution in [0.25, 0.3) is 0 Å². The fourth-order valence-corrected chi connectivity index (χ4v) is 0.544. The number of esters is 1. The highest BCUT2D eigenvalue weighted by atomic mass is 16.5. The Morgan fingerprint density at radius 1 is 1.38 bits per heavy atom. The maximum absolute atomic E-state index is 11.2. The predicted octanol–water partition coefficient (Wildman–Crippen LogP) is 1.53. The smallest absolute Gasteiger partial charge is 0.308 e. The van der Waals surface area contributed by atoms with Crippen molar-refractivity contribution >= 4 is 5.97 Å². The van der Waals surface area contributed by atoms with E-state index in [0.717, 1.165) is 0 Å². The van der Waals surface area contributed by atoms with Gasteiger partial charge in [0.1, 0.15) is 6.61 Å². The van der Waals surface area contributed by atoms with Crippen LogP contribution in [0.2, 0.25) is 0 Å². The van der Waals surface area contributed by atoms with Gasteiger partial charge in [-0.25, -0.2) is 0 Å². The first-order valence-corrected chi connectivity index (χ1v) is 4.61. The van der Waals surface area contributed by atoms with Crippen molar-refractivity contribution in [1.82, 2.24) is 4.90 Å². The van der Waals surface area contributed by atoms with E-state index in [1.165, 1.54) is 0 Å². The Hall–Kier alpha value is -0.570. The van der Waals surface area contributed by atoms with Crippen LogP contribution in [-0.2, 0) is 9.53 Å². The van der Waals surface area contributed by atoms with Gasteiger partial charge in [-0.05, 0) is 27.9 Å². The molecule has 0 saturated carbocycles. The lowest BCUT2D eigenvalue weighted by atomic mass is 10.1. The van der Waals surface area contributed by atoms with Gasteiger partial charge in [-0.15, -0.1) is 0 Å². The molecule has 0 rings (SSSR count). The molecule has 0 radical (unpaired) electrons. The molecule has 0 aliphatic heterocycles. The minimum Gasteiger partial charge on any atom is -0.464 e. The second-order valence-electron chi connectivity index (χ2n) is 4.47. The van der Waals surface area contributed by atoms with Gasteiger partial charge in [0, 0.05) is 5.54 Å². The summed E-state index contributed by atoms with van der Waals surface area (Å²) in [6.45, 7) is 8.20. The summed E-state index contributed by atoms with van der Waals surface area (Å²) in [4.78, 5) is 13.2. The van der Waals surface area contributed by atoms with E-state index in [0.29, 0.717) is 6.61 Å². The minimum atomic E-state index is -0.130. The molecule has 0 bridgehead atoms. The third-order valence-corrected chi connectivity index (χ3v) is 2.25. The Bertz CT molecular complexity index is 174. The zero-order valence-electron chi connectivity index (χ0n) is 9.55. The molecule has 0 heterocycles. The van der Waals surface area contributed by atoms with Crippen LogP contribution in [0.4, 0.5) is 0 Å². The van der Waals surface area contributed by atoms with E-state index in [2.05, 4.69) is 0 Å². The van der Waals surface area contributed by atoms with Crippen molar-refractivity contribution in [2.45, 2.75) is 33.2 Å². The highest BCUT2D eigenvalue weighted by Crippen LogP contribution is 2.11. The van der Waals surface area contributed by atoms with Crippen LogP contribution in [0.3, 0.4) is 0 Å². The van der Waals surface area contributed by atoms with E-state index >= 15 is 0 Å². The van der Waals surface area contributed by atoms with Gasteiger partial charge >= 0.3 is 5.97 Å². The molecule has 0 unspecified atom stereocenters. The lowest BCUT2D eigenvalue weighted by molar-refractivity contribution is -0.150. The molecule has 0 fully saturated rings.